The van der Waals surface area contributed by atoms with Crippen molar-refractivity contribution in [2.75, 3.05) is 24.9 Å². The molecule has 4 radical (unpaired) electrons. The minimum atomic E-state index is -1.26. The predicted molar refractivity (Wildman–Crippen MR) is 224 cm³/mol. The molecule has 12 nitrogen and oxygen atoms in total. The molecule has 6 unspecified atom stereocenters. The van der Waals surface area contributed by atoms with E-state index in [2.05, 4.69) is 68.4 Å². The zero-order valence-corrected chi connectivity index (χ0v) is 37.1. The third kappa shape index (κ3) is 9.80. The van der Waals surface area contributed by atoms with E-state index in [-0.39, 0.29) is 37.4 Å². The molecule has 2 N–H and O–H groups in total. The van der Waals surface area contributed by atoms with Gasteiger partial charge >= 0.3 is 12.1 Å². The van der Waals surface area contributed by atoms with Gasteiger partial charge in [0.05, 0.1) is 36.4 Å². The fourth-order valence-corrected chi connectivity index (χ4v) is 10.6. The van der Waals surface area contributed by atoms with Gasteiger partial charge in [0, 0.05) is 52.7 Å². The summed E-state index contributed by atoms with van der Waals surface area (Å²) >= 11 is 0. The molecule has 14 heteroatoms. The lowest BCUT2D eigenvalue weighted by molar-refractivity contribution is -0.155. The minimum Gasteiger partial charge on any atom is -0.480 e. The Labute approximate surface area is 337 Å². The number of para-hydroxylation sites is 1. The van der Waals surface area contributed by atoms with Gasteiger partial charge in [0.25, 0.3) is 0 Å². The van der Waals surface area contributed by atoms with Crippen LogP contribution >= 0.6 is 0 Å². The maximum atomic E-state index is 13.0. The van der Waals surface area contributed by atoms with Crippen molar-refractivity contribution in [2.24, 2.45) is 22.7 Å². The molecule has 0 saturated carbocycles. The third-order valence-electron chi connectivity index (χ3n) is 10.6. The SMILES string of the molecule is CC(C)[Si]C(C)OCN(COC(C)[Si]C(C)C)c1cc(C2CN(C(=O)O)C(C(=O)O)C(C(C)(C)C)C2C(C)(C)C)nc2c(-c3cnc4ccccc4c3)cnn12. The second-order valence-corrected chi connectivity index (χ2v) is 22.5. The lowest BCUT2D eigenvalue weighted by Crippen LogP contribution is -2.62. The van der Waals surface area contributed by atoms with Gasteiger partial charge in [-0.2, -0.15) is 9.61 Å². The number of fused-ring (bicyclic) bond motifs is 2. The number of amides is 1. The average Bonchev–Trinajstić information content (AvgIpc) is 3.53. The van der Waals surface area contributed by atoms with Crippen molar-refractivity contribution < 1.29 is 29.3 Å². The number of anilines is 1. The zero-order valence-electron chi connectivity index (χ0n) is 35.1. The molecule has 3 aromatic heterocycles. The molecule has 1 aromatic carbocycles. The van der Waals surface area contributed by atoms with E-state index in [1.807, 2.05) is 66.7 Å². The summed E-state index contributed by atoms with van der Waals surface area (Å²) in [6, 6.07) is 10.8. The molecule has 5 rings (SSSR count). The Kier molecular flexibility index (Phi) is 13.4. The molecule has 4 heterocycles. The van der Waals surface area contributed by atoms with Crippen molar-refractivity contribution in [3.05, 3.63) is 54.5 Å². The number of aromatic nitrogens is 4. The maximum Gasteiger partial charge on any atom is 0.408 e. The Balaban J connectivity index is 1.77. The van der Waals surface area contributed by atoms with Crippen LogP contribution in [-0.4, -0.2) is 103 Å². The fourth-order valence-electron chi connectivity index (χ4n) is 8.41. The van der Waals surface area contributed by atoms with Gasteiger partial charge in [-0.15, -0.1) is 0 Å². The van der Waals surface area contributed by atoms with E-state index >= 15 is 0 Å². The van der Waals surface area contributed by atoms with Crippen LogP contribution in [0.2, 0.25) is 11.1 Å². The number of pyridine rings is 1. The normalized spacial score (nSPS) is 20.6. The Hall–Kier alpha value is -3.86. The molecule has 1 aliphatic rings. The number of carboxylic acids is 1. The van der Waals surface area contributed by atoms with E-state index in [0.29, 0.717) is 47.3 Å². The molecule has 6 atom stereocenters. The Morgan fingerprint density at radius 3 is 2.00 bits per heavy atom. The maximum absolute atomic E-state index is 13.0. The molecule has 1 amide bonds. The summed E-state index contributed by atoms with van der Waals surface area (Å²) in [4.78, 5) is 39.3. The number of hydrogen-bond acceptors (Lipinski definition) is 8. The van der Waals surface area contributed by atoms with E-state index in [0.717, 1.165) is 26.9 Å². The molecule has 0 spiro atoms. The van der Waals surface area contributed by atoms with Crippen LogP contribution in [0.5, 0.6) is 0 Å². The summed E-state index contributed by atoms with van der Waals surface area (Å²) < 4.78 is 14.9. The van der Waals surface area contributed by atoms with E-state index in [4.69, 9.17) is 24.5 Å². The van der Waals surface area contributed by atoms with Crippen molar-refractivity contribution >= 4 is 53.5 Å². The minimum absolute atomic E-state index is 0.00866. The van der Waals surface area contributed by atoms with Crippen LogP contribution in [0.25, 0.3) is 27.7 Å². The number of nitrogens with zero attached hydrogens (tertiary/aromatic N) is 6. The highest BCUT2D eigenvalue weighted by molar-refractivity contribution is 6.39. The summed E-state index contributed by atoms with van der Waals surface area (Å²) in [5, 5.41) is 27.2. The Bertz CT molecular complexity index is 1970. The monoisotopic (exact) mass is 800 g/mol. The lowest BCUT2D eigenvalue weighted by Gasteiger charge is -2.55. The van der Waals surface area contributed by atoms with Crippen molar-refractivity contribution in [3.8, 4) is 11.1 Å². The topological polar surface area (TPSA) is 143 Å². The van der Waals surface area contributed by atoms with Crippen LogP contribution in [0.4, 0.5) is 10.6 Å². The summed E-state index contributed by atoms with van der Waals surface area (Å²) in [5.74, 6) is -1.72. The van der Waals surface area contributed by atoms with E-state index in [1.165, 1.54) is 0 Å². The van der Waals surface area contributed by atoms with Crippen molar-refractivity contribution in [3.63, 3.8) is 0 Å². The van der Waals surface area contributed by atoms with E-state index in [9.17, 15) is 19.8 Å². The van der Waals surface area contributed by atoms with Gasteiger partial charge in [0.15, 0.2) is 5.65 Å². The summed E-state index contributed by atoms with van der Waals surface area (Å²) in [5.41, 5.74) is 3.72. The van der Waals surface area contributed by atoms with Gasteiger partial charge in [0.1, 0.15) is 25.3 Å². The molecule has 0 bridgehead atoms. The van der Waals surface area contributed by atoms with Gasteiger partial charge < -0.3 is 24.6 Å². The average molecular weight is 801 g/mol. The Morgan fingerprint density at radius 2 is 1.46 bits per heavy atom. The number of benzene rings is 1. The second-order valence-electron chi connectivity index (χ2n) is 17.9. The van der Waals surface area contributed by atoms with Crippen molar-refractivity contribution in [1.82, 2.24) is 24.5 Å². The highest BCUT2D eigenvalue weighted by Crippen LogP contribution is 2.54. The highest BCUT2D eigenvalue weighted by atomic mass is 28.2. The van der Waals surface area contributed by atoms with Crippen LogP contribution in [0.1, 0.15) is 94.7 Å². The number of likely N-dealkylation sites (tertiary alicyclic amines) is 1. The fraction of sp³-hybridized carbons (Fsp3) is 0.595. The highest BCUT2D eigenvalue weighted by Gasteiger charge is 2.56. The first-order valence-corrected chi connectivity index (χ1v) is 21.9. The molecule has 4 aromatic rings. The van der Waals surface area contributed by atoms with Crippen LogP contribution in [0, 0.1) is 22.7 Å². The van der Waals surface area contributed by atoms with Crippen molar-refractivity contribution in [2.45, 2.75) is 118 Å². The van der Waals surface area contributed by atoms with Gasteiger partial charge in [-0.1, -0.05) is 98.5 Å². The van der Waals surface area contributed by atoms with Crippen LogP contribution in [0.3, 0.4) is 0 Å². The molecule has 1 saturated heterocycles. The van der Waals surface area contributed by atoms with Gasteiger partial charge in [0.2, 0.25) is 0 Å². The standard InChI is InChI=1S/C42H60N6O6Si2/c1-24(2)55-26(5)53-22-46(23-54-27(6)56-25(3)4)34-18-33(45-38-30(20-44-48(34)38)29-17-28-15-13-14-16-32(28)43-19-29)31-21-47(40(51)52)37(39(49)50)36(42(10,11)12)35(31)41(7,8)9/h13-20,24-27,31,35-37H,21-23H2,1-12H3,(H,49,50)(H,51,52). The predicted octanol–water partition coefficient (Wildman–Crippen LogP) is 8.31. The number of carbonyl (C=O) groups is 2. The molecule has 56 heavy (non-hydrogen) atoms. The molecular formula is C42H60N6O6Si2. The van der Waals surface area contributed by atoms with E-state index < -0.39 is 40.8 Å². The smallest absolute Gasteiger partial charge is 0.408 e. The molecule has 1 fully saturated rings. The number of piperidine rings is 1. The third-order valence-corrected chi connectivity index (χ3v) is 13.2. The zero-order chi connectivity index (χ0) is 41.3. The molecule has 302 valence electrons. The Morgan fingerprint density at radius 1 is 0.875 bits per heavy atom. The summed E-state index contributed by atoms with van der Waals surface area (Å²) in [7, 11) is 1.21. The van der Waals surface area contributed by atoms with Crippen LogP contribution < -0.4 is 4.90 Å². The summed E-state index contributed by atoms with van der Waals surface area (Å²) in [6.07, 6.45) is 2.37. The quantitative estimate of drug-likeness (QED) is 0.0945. The number of rotatable bonds is 14. The lowest BCUT2D eigenvalue weighted by atomic mass is 9.55. The number of carboxylic acid groups (broad SMARTS) is 2. The first kappa shape index (κ1) is 43.3. The summed E-state index contributed by atoms with van der Waals surface area (Å²) in [6.45, 7) is 25.7. The van der Waals surface area contributed by atoms with Gasteiger partial charge in [-0.25, -0.2) is 14.6 Å². The number of aliphatic carboxylic acids is 1. The number of ether oxygens (including phenoxy) is 2. The molecule has 0 aliphatic carbocycles. The van der Waals surface area contributed by atoms with Crippen molar-refractivity contribution in [1.29, 1.82) is 0 Å². The first-order valence-electron chi connectivity index (χ1n) is 19.6. The van der Waals surface area contributed by atoms with Crippen LogP contribution in [-0.2, 0) is 14.3 Å². The second kappa shape index (κ2) is 17.3. The molecular weight excluding hydrogens is 741 g/mol. The number of hydrogen-bond donors (Lipinski definition) is 2. The molecule has 1 aliphatic heterocycles. The first-order chi connectivity index (χ1) is 26.2. The van der Waals surface area contributed by atoms with Gasteiger partial charge in [-0.05, 0) is 48.6 Å². The largest absolute Gasteiger partial charge is 0.480 e. The van der Waals surface area contributed by atoms with Gasteiger partial charge in [-0.3, -0.25) is 9.88 Å². The van der Waals surface area contributed by atoms with Crippen LogP contribution in [0.15, 0.2) is 48.8 Å². The van der Waals surface area contributed by atoms with E-state index in [1.54, 1.807) is 6.20 Å².